The van der Waals surface area contributed by atoms with Crippen molar-refractivity contribution in [2.24, 2.45) is 0 Å². The molecule has 0 saturated carbocycles. The van der Waals surface area contributed by atoms with Crippen molar-refractivity contribution < 1.29 is 0 Å². The van der Waals surface area contributed by atoms with Crippen molar-refractivity contribution >= 4 is 34.3 Å². The standard InChI is InChI=1S/C15H10ClNS/c16-12-7-8-14-11(10-12)6-9-15(17-14)18-13-4-2-1-3-5-13/h1-10H. The second-order valence-corrected chi connectivity index (χ2v) is 5.43. The Hall–Kier alpha value is -1.51. The summed E-state index contributed by atoms with van der Waals surface area (Å²) in [6, 6.07) is 20.1. The summed E-state index contributed by atoms with van der Waals surface area (Å²) in [5, 5.41) is 2.81. The van der Waals surface area contributed by atoms with Crippen LogP contribution in [0.15, 0.2) is 70.6 Å². The summed E-state index contributed by atoms with van der Waals surface area (Å²) in [6.45, 7) is 0. The lowest BCUT2D eigenvalue weighted by molar-refractivity contribution is 1.19. The van der Waals surface area contributed by atoms with Crippen molar-refractivity contribution in [2.75, 3.05) is 0 Å². The maximum atomic E-state index is 5.96. The van der Waals surface area contributed by atoms with E-state index in [1.807, 2.05) is 42.5 Å². The number of hydrogen-bond acceptors (Lipinski definition) is 2. The molecule has 3 rings (SSSR count). The Morgan fingerprint density at radius 1 is 0.889 bits per heavy atom. The highest BCUT2D eigenvalue weighted by molar-refractivity contribution is 7.99. The average Bonchev–Trinajstić information content (AvgIpc) is 2.40. The molecule has 0 bridgehead atoms. The summed E-state index contributed by atoms with van der Waals surface area (Å²) >= 11 is 7.62. The van der Waals surface area contributed by atoms with E-state index in [4.69, 9.17) is 11.6 Å². The van der Waals surface area contributed by atoms with E-state index in [-0.39, 0.29) is 0 Å². The Kier molecular flexibility index (Phi) is 3.22. The maximum absolute atomic E-state index is 5.96. The zero-order valence-corrected chi connectivity index (χ0v) is 11.1. The number of hydrogen-bond donors (Lipinski definition) is 0. The third kappa shape index (κ3) is 2.50. The molecule has 0 aliphatic rings. The number of aromatic nitrogens is 1. The molecule has 0 radical (unpaired) electrons. The zero-order chi connectivity index (χ0) is 12.4. The second kappa shape index (κ2) is 5.01. The van der Waals surface area contributed by atoms with E-state index in [0.717, 1.165) is 21.0 Å². The van der Waals surface area contributed by atoms with Crippen molar-refractivity contribution in [3.63, 3.8) is 0 Å². The monoisotopic (exact) mass is 271 g/mol. The highest BCUT2D eigenvalue weighted by atomic mass is 35.5. The van der Waals surface area contributed by atoms with Gasteiger partial charge in [0.1, 0.15) is 5.03 Å². The van der Waals surface area contributed by atoms with Gasteiger partial charge in [0.25, 0.3) is 0 Å². The quantitative estimate of drug-likeness (QED) is 0.648. The lowest BCUT2D eigenvalue weighted by Gasteiger charge is -2.03. The molecule has 1 heterocycles. The van der Waals surface area contributed by atoms with E-state index < -0.39 is 0 Å². The molecule has 0 unspecified atom stereocenters. The summed E-state index contributed by atoms with van der Waals surface area (Å²) < 4.78 is 0. The number of nitrogens with zero attached hydrogens (tertiary/aromatic N) is 1. The predicted octanol–water partition coefficient (Wildman–Crippen LogP) is 5.04. The van der Waals surface area contributed by atoms with E-state index in [1.165, 1.54) is 4.90 Å². The van der Waals surface area contributed by atoms with E-state index in [9.17, 15) is 0 Å². The van der Waals surface area contributed by atoms with Crippen molar-refractivity contribution in [2.45, 2.75) is 9.92 Å². The van der Waals surface area contributed by atoms with E-state index in [1.54, 1.807) is 11.8 Å². The fourth-order valence-corrected chi connectivity index (χ4v) is 2.74. The Balaban J connectivity index is 1.96. The minimum absolute atomic E-state index is 0.743. The lowest BCUT2D eigenvalue weighted by Crippen LogP contribution is -1.82. The molecular formula is C15H10ClNS. The van der Waals surface area contributed by atoms with Gasteiger partial charge in [-0.25, -0.2) is 4.98 Å². The molecule has 0 fully saturated rings. The molecule has 3 heteroatoms. The van der Waals surface area contributed by atoms with Crippen LogP contribution in [0, 0.1) is 0 Å². The molecule has 3 aromatic rings. The fraction of sp³-hybridized carbons (Fsp3) is 0. The van der Waals surface area contributed by atoms with E-state index in [0.29, 0.717) is 0 Å². The molecule has 0 saturated heterocycles. The number of benzene rings is 2. The maximum Gasteiger partial charge on any atom is 0.101 e. The predicted molar refractivity (Wildman–Crippen MR) is 77.3 cm³/mol. The normalized spacial score (nSPS) is 10.7. The molecule has 0 aliphatic carbocycles. The largest absolute Gasteiger partial charge is 0.241 e. The van der Waals surface area contributed by atoms with Gasteiger partial charge >= 0.3 is 0 Å². The number of pyridine rings is 1. The van der Waals surface area contributed by atoms with Crippen LogP contribution in [0.4, 0.5) is 0 Å². The highest BCUT2D eigenvalue weighted by Crippen LogP contribution is 2.28. The molecular weight excluding hydrogens is 262 g/mol. The summed E-state index contributed by atoms with van der Waals surface area (Å²) in [4.78, 5) is 5.81. The molecule has 0 N–H and O–H groups in total. The second-order valence-electron chi connectivity index (χ2n) is 3.90. The molecule has 0 amide bonds. The Labute approximate surface area is 115 Å². The van der Waals surface area contributed by atoms with Gasteiger partial charge in [0, 0.05) is 15.3 Å². The van der Waals surface area contributed by atoms with Crippen molar-refractivity contribution in [3.8, 4) is 0 Å². The first-order chi connectivity index (χ1) is 8.81. The first kappa shape index (κ1) is 11.6. The molecule has 0 spiro atoms. The van der Waals surface area contributed by atoms with Crippen LogP contribution in [0.5, 0.6) is 0 Å². The van der Waals surface area contributed by atoms with Crippen molar-refractivity contribution in [3.05, 3.63) is 65.7 Å². The first-order valence-corrected chi connectivity index (χ1v) is 6.80. The fourth-order valence-electron chi connectivity index (χ4n) is 1.74. The van der Waals surface area contributed by atoms with Crippen molar-refractivity contribution in [1.29, 1.82) is 0 Å². The van der Waals surface area contributed by atoms with Crippen LogP contribution in [0.25, 0.3) is 10.9 Å². The minimum atomic E-state index is 0.743. The third-order valence-corrected chi connectivity index (χ3v) is 3.77. The minimum Gasteiger partial charge on any atom is -0.241 e. The Morgan fingerprint density at radius 3 is 2.56 bits per heavy atom. The molecule has 0 atom stereocenters. The van der Waals surface area contributed by atoms with E-state index >= 15 is 0 Å². The lowest BCUT2D eigenvalue weighted by atomic mass is 10.2. The van der Waals surface area contributed by atoms with Gasteiger partial charge in [-0.1, -0.05) is 47.6 Å². The molecule has 18 heavy (non-hydrogen) atoms. The van der Waals surface area contributed by atoms with Gasteiger partial charge < -0.3 is 0 Å². The van der Waals surface area contributed by atoms with Crippen LogP contribution < -0.4 is 0 Å². The van der Waals surface area contributed by atoms with Gasteiger partial charge in [-0.05, 0) is 36.4 Å². The summed E-state index contributed by atoms with van der Waals surface area (Å²) in [5.41, 5.74) is 0.973. The highest BCUT2D eigenvalue weighted by Gasteiger charge is 2.01. The number of fused-ring (bicyclic) bond motifs is 1. The van der Waals surface area contributed by atoms with E-state index in [2.05, 4.69) is 23.2 Å². The smallest absolute Gasteiger partial charge is 0.101 e. The Morgan fingerprint density at radius 2 is 1.72 bits per heavy atom. The average molecular weight is 272 g/mol. The molecule has 88 valence electrons. The van der Waals surface area contributed by atoms with Crippen LogP contribution in [-0.2, 0) is 0 Å². The zero-order valence-electron chi connectivity index (χ0n) is 9.51. The van der Waals surface area contributed by atoms with Gasteiger partial charge in [-0.15, -0.1) is 0 Å². The van der Waals surface area contributed by atoms with Crippen LogP contribution in [0.1, 0.15) is 0 Å². The summed E-state index contributed by atoms with van der Waals surface area (Å²) in [5.74, 6) is 0. The number of rotatable bonds is 2. The van der Waals surface area contributed by atoms with Crippen LogP contribution in [0.2, 0.25) is 5.02 Å². The van der Waals surface area contributed by atoms with Gasteiger partial charge in [0.2, 0.25) is 0 Å². The SMILES string of the molecule is Clc1ccc2nc(Sc3ccccc3)ccc2c1. The summed E-state index contributed by atoms with van der Waals surface area (Å²) in [7, 11) is 0. The van der Waals surface area contributed by atoms with Gasteiger partial charge in [0.05, 0.1) is 5.52 Å². The van der Waals surface area contributed by atoms with Gasteiger partial charge in [0.15, 0.2) is 0 Å². The van der Waals surface area contributed by atoms with Gasteiger partial charge in [-0.2, -0.15) is 0 Å². The van der Waals surface area contributed by atoms with Crippen molar-refractivity contribution in [1.82, 2.24) is 4.98 Å². The summed E-state index contributed by atoms with van der Waals surface area (Å²) in [6.07, 6.45) is 0. The molecule has 0 aliphatic heterocycles. The van der Waals surface area contributed by atoms with Gasteiger partial charge in [-0.3, -0.25) is 0 Å². The number of halogens is 1. The Bertz CT molecular complexity index is 682. The van der Waals surface area contributed by atoms with Crippen LogP contribution in [0.3, 0.4) is 0 Å². The van der Waals surface area contributed by atoms with Crippen LogP contribution in [-0.4, -0.2) is 4.98 Å². The molecule has 1 aromatic heterocycles. The van der Waals surface area contributed by atoms with Crippen LogP contribution >= 0.6 is 23.4 Å². The first-order valence-electron chi connectivity index (χ1n) is 5.60. The molecule has 2 aromatic carbocycles. The topological polar surface area (TPSA) is 12.9 Å². The molecule has 1 nitrogen and oxygen atoms in total. The third-order valence-electron chi connectivity index (χ3n) is 2.59.